The quantitative estimate of drug-likeness (QED) is 0.854. The number of carbonyl (C=O) groups is 2. The van der Waals surface area contributed by atoms with E-state index in [1.165, 1.54) is 17.4 Å². The van der Waals surface area contributed by atoms with Gasteiger partial charge in [0.15, 0.2) is 5.13 Å². The minimum Gasteiger partial charge on any atom is -0.497 e. The molecule has 1 saturated carbocycles. The average molecular weight is 357 g/mol. The maximum absolute atomic E-state index is 12.8. The highest BCUT2D eigenvalue weighted by molar-refractivity contribution is 7.22. The Morgan fingerprint density at radius 3 is 2.96 bits per heavy atom. The minimum absolute atomic E-state index is 0.141. The molecule has 1 saturated heterocycles. The molecule has 2 heterocycles. The molecule has 1 aliphatic heterocycles. The van der Waals surface area contributed by atoms with Crippen LogP contribution < -0.4 is 10.1 Å². The summed E-state index contributed by atoms with van der Waals surface area (Å²) in [6.45, 7) is 4.20. The molecule has 1 aromatic heterocycles. The topological polar surface area (TPSA) is 71.5 Å². The van der Waals surface area contributed by atoms with Gasteiger partial charge in [0.1, 0.15) is 11.8 Å². The van der Waals surface area contributed by atoms with Gasteiger partial charge in [-0.1, -0.05) is 17.9 Å². The van der Waals surface area contributed by atoms with Gasteiger partial charge in [-0.2, -0.15) is 0 Å². The number of fused-ring (bicyclic) bond motifs is 1. The van der Waals surface area contributed by atoms with E-state index >= 15 is 0 Å². The van der Waals surface area contributed by atoms with Crippen molar-refractivity contribution in [3.8, 4) is 5.75 Å². The van der Waals surface area contributed by atoms with Crippen molar-refractivity contribution in [1.82, 2.24) is 9.88 Å². The normalized spacial score (nSPS) is 20.7. The predicted molar refractivity (Wildman–Crippen MR) is 96.8 cm³/mol. The van der Waals surface area contributed by atoms with Crippen LogP contribution >= 0.6 is 11.3 Å². The van der Waals surface area contributed by atoms with Gasteiger partial charge in [0.25, 0.3) is 0 Å². The van der Waals surface area contributed by atoms with E-state index in [0.29, 0.717) is 11.7 Å². The molecule has 1 atom stereocenters. The fourth-order valence-electron chi connectivity index (χ4n) is 3.45. The van der Waals surface area contributed by atoms with Crippen LogP contribution in [0.4, 0.5) is 5.13 Å². The van der Waals surface area contributed by atoms with Crippen molar-refractivity contribution in [1.29, 1.82) is 0 Å². The van der Waals surface area contributed by atoms with Gasteiger partial charge < -0.3 is 15.0 Å². The molecular weight excluding hydrogens is 338 g/mol. The van der Waals surface area contributed by atoms with Gasteiger partial charge in [-0.3, -0.25) is 9.59 Å². The minimum atomic E-state index is -0.449. The van der Waals surface area contributed by atoms with E-state index in [9.17, 15) is 9.59 Å². The third-order valence-electron chi connectivity index (χ3n) is 5.05. The van der Waals surface area contributed by atoms with Crippen LogP contribution in [0.1, 0.15) is 19.3 Å². The smallest absolute Gasteiger partial charge is 0.248 e. The lowest BCUT2D eigenvalue weighted by Crippen LogP contribution is -2.42. The van der Waals surface area contributed by atoms with Gasteiger partial charge in [-0.05, 0) is 42.9 Å². The number of methoxy groups -OCH3 is 1. The SMILES string of the molecule is C=CC(=O)N1CC2(CC2)C[C@@H]1C(=O)Nc1nc2cc(OC)ccc2s1. The molecule has 0 radical (unpaired) electrons. The number of anilines is 1. The number of carbonyl (C=O) groups excluding carboxylic acids is 2. The Morgan fingerprint density at radius 2 is 2.28 bits per heavy atom. The molecule has 4 rings (SSSR count). The van der Waals surface area contributed by atoms with Crippen LogP contribution in [0.2, 0.25) is 0 Å². The lowest BCUT2D eigenvalue weighted by molar-refractivity contribution is -0.132. The van der Waals surface area contributed by atoms with Crippen LogP contribution in [0.25, 0.3) is 10.2 Å². The summed E-state index contributed by atoms with van der Waals surface area (Å²) in [6.07, 6.45) is 4.17. The van der Waals surface area contributed by atoms with E-state index in [2.05, 4.69) is 16.9 Å². The molecule has 1 spiro atoms. The van der Waals surface area contributed by atoms with Crippen molar-refractivity contribution in [3.63, 3.8) is 0 Å². The van der Waals surface area contributed by atoms with E-state index in [4.69, 9.17) is 4.74 Å². The van der Waals surface area contributed by atoms with Crippen LogP contribution in [0.3, 0.4) is 0 Å². The number of aromatic nitrogens is 1. The van der Waals surface area contributed by atoms with Crippen LogP contribution in [0.5, 0.6) is 5.75 Å². The summed E-state index contributed by atoms with van der Waals surface area (Å²) in [4.78, 5) is 31.0. The third kappa shape index (κ3) is 2.89. The van der Waals surface area contributed by atoms with Gasteiger partial charge in [0.05, 0.1) is 17.3 Å². The van der Waals surface area contributed by atoms with Gasteiger partial charge in [0.2, 0.25) is 11.8 Å². The number of thiazole rings is 1. The molecule has 1 N–H and O–H groups in total. The lowest BCUT2D eigenvalue weighted by atomic mass is 10.0. The number of rotatable bonds is 4. The Labute approximate surface area is 149 Å². The molecule has 2 fully saturated rings. The summed E-state index contributed by atoms with van der Waals surface area (Å²) in [7, 11) is 1.61. The molecule has 0 bridgehead atoms. The van der Waals surface area contributed by atoms with E-state index in [1.807, 2.05) is 18.2 Å². The van der Waals surface area contributed by atoms with Crippen molar-refractivity contribution in [2.45, 2.75) is 25.3 Å². The molecular formula is C18H19N3O3S. The summed E-state index contributed by atoms with van der Waals surface area (Å²) in [6, 6.07) is 5.17. The molecule has 130 valence electrons. The number of nitrogens with zero attached hydrogens (tertiary/aromatic N) is 2. The molecule has 7 heteroatoms. The summed E-state index contributed by atoms with van der Waals surface area (Å²) < 4.78 is 6.17. The van der Waals surface area contributed by atoms with Gasteiger partial charge in [-0.25, -0.2) is 4.98 Å². The summed E-state index contributed by atoms with van der Waals surface area (Å²) >= 11 is 1.41. The first-order valence-electron chi connectivity index (χ1n) is 8.22. The molecule has 0 unspecified atom stereocenters. The summed E-state index contributed by atoms with van der Waals surface area (Å²) in [5.41, 5.74) is 0.922. The third-order valence-corrected chi connectivity index (χ3v) is 6.00. The maximum atomic E-state index is 12.8. The zero-order valence-corrected chi connectivity index (χ0v) is 14.8. The first-order valence-corrected chi connectivity index (χ1v) is 9.04. The van der Waals surface area contributed by atoms with Gasteiger partial charge in [-0.15, -0.1) is 0 Å². The van der Waals surface area contributed by atoms with Crippen molar-refractivity contribution < 1.29 is 14.3 Å². The Kier molecular flexibility index (Phi) is 3.76. The fourth-order valence-corrected chi connectivity index (χ4v) is 4.30. The van der Waals surface area contributed by atoms with E-state index in [-0.39, 0.29) is 17.2 Å². The summed E-state index contributed by atoms with van der Waals surface area (Å²) in [5, 5.41) is 3.42. The van der Waals surface area contributed by atoms with Crippen molar-refractivity contribution in [3.05, 3.63) is 30.9 Å². The zero-order valence-electron chi connectivity index (χ0n) is 13.9. The Hall–Kier alpha value is -2.41. The second kappa shape index (κ2) is 5.84. The first kappa shape index (κ1) is 16.1. The number of hydrogen-bond acceptors (Lipinski definition) is 5. The highest BCUT2D eigenvalue weighted by Gasteiger charge is 2.54. The standard InChI is InChI=1S/C18H19N3O3S/c1-3-15(22)21-10-18(6-7-18)9-13(21)16(23)20-17-19-12-8-11(24-2)4-5-14(12)25-17/h3-5,8,13H,1,6-7,9-10H2,2H3,(H,19,20,23)/t13-/m1/s1. The van der Waals surface area contributed by atoms with E-state index in [1.54, 1.807) is 12.0 Å². The van der Waals surface area contributed by atoms with Crippen LogP contribution in [0, 0.1) is 5.41 Å². The molecule has 1 aromatic carbocycles. The predicted octanol–water partition coefficient (Wildman–Crippen LogP) is 2.81. The largest absolute Gasteiger partial charge is 0.497 e. The number of nitrogens with one attached hydrogen (secondary N) is 1. The first-order chi connectivity index (χ1) is 12.0. The number of likely N-dealkylation sites (tertiary alicyclic amines) is 1. The van der Waals surface area contributed by atoms with Crippen LogP contribution in [-0.2, 0) is 9.59 Å². The zero-order chi connectivity index (χ0) is 17.6. The second-order valence-electron chi connectivity index (χ2n) is 6.73. The molecule has 2 aliphatic rings. The van der Waals surface area contributed by atoms with Gasteiger partial charge in [0, 0.05) is 12.6 Å². The van der Waals surface area contributed by atoms with Crippen molar-refractivity contribution >= 4 is 38.5 Å². The maximum Gasteiger partial charge on any atom is 0.248 e. The average Bonchev–Trinajstić information content (AvgIpc) is 3.08. The van der Waals surface area contributed by atoms with Crippen LogP contribution in [-0.4, -0.2) is 41.4 Å². The van der Waals surface area contributed by atoms with Crippen LogP contribution in [0.15, 0.2) is 30.9 Å². The van der Waals surface area contributed by atoms with E-state index in [0.717, 1.165) is 35.2 Å². The molecule has 6 nitrogen and oxygen atoms in total. The van der Waals surface area contributed by atoms with Crippen molar-refractivity contribution in [2.24, 2.45) is 5.41 Å². The number of ether oxygens (including phenoxy) is 1. The fraction of sp³-hybridized carbons (Fsp3) is 0.389. The molecule has 2 amide bonds. The Bertz CT molecular complexity index is 872. The van der Waals surface area contributed by atoms with Gasteiger partial charge >= 0.3 is 0 Å². The number of hydrogen-bond donors (Lipinski definition) is 1. The second-order valence-corrected chi connectivity index (χ2v) is 7.76. The Balaban J connectivity index is 1.54. The highest BCUT2D eigenvalue weighted by Crippen LogP contribution is 2.55. The molecule has 2 aromatic rings. The summed E-state index contributed by atoms with van der Waals surface area (Å²) in [5.74, 6) is 0.368. The monoisotopic (exact) mass is 357 g/mol. The van der Waals surface area contributed by atoms with Crippen molar-refractivity contribution in [2.75, 3.05) is 19.0 Å². The van der Waals surface area contributed by atoms with E-state index < -0.39 is 6.04 Å². The lowest BCUT2D eigenvalue weighted by Gasteiger charge is -2.21. The molecule has 25 heavy (non-hydrogen) atoms. The molecule has 1 aliphatic carbocycles. The number of amides is 2. The number of benzene rings is 1. The Morgan fingerprint density at radius 1 is 1.48 bits per heavy atom. The highest BCUT2D eigenvalue weighted by atomic mass is 32.1.